The highest BCUT2D eigenvalue weighted by molar-refractivity contribution is 7.10. The maximum absolute atomic E-state index is 11.5. The molecule has 1 aromatic rings. The van der Waals surface area contributed by atoms with E-state index in [2.05, 4.69) is 23.2 Å². The Labute approximate surface area is 111 Å². The maximum atomic E-state index is 11.5. The van der Waals surface area contributed by atoms with E-state index in [0.717, 1.165) is 17.8 Å². The van der Waals surface area contributed by atoms with Crippen molar-refractivity contribution < 1.29 is 4.79 Å². The van der Waals surface area contributed by atoms with Crippen LogP contribution in [0.1, 0.15) is 42.8 Å². The largest absolute Gasteiger partial charge is 0.335 e. The number of rotatable bonds is 5. The van der Waals surface area contributed by atoms with Gasteiger partial charge >= 0.3 is 0 Å². The van der Waals surface area contributed by atoms with Gasteiger partial charge in [0.1, 0.15) is 12.2 Å². The summed E-state index contributed by atoms with van der Waals surface area (Å²) in [6.07, 6.45) is 3.43. The number of carbonyl (C=O) groups is 1. The lowest BCUT2D eigenvalue weighted by atomic mass is 10.2. The molecule has 0 aliphatic carbocycles. The monoisotopic (exact) mass is 263 g/mol. The molecule has 96 valence electrons. The first-order valence-corrected chi connectivity index (χ1v) is 7.14. The topological polar surface area (TPSA) is 56.1 Å². The minimum Gasteiger partial charge on any atom is -0.335 e. The lowest BCUT2D eigenvalue weighted by molar-refractivity contribution is -0.118. The number of amides is 1. The van der Waals surface area contributed by atoms with Gasteiger partial charge in [0, 0.05) is 16.8 Å². The van der Waals surface area contributed by atoms with Crippen LogP contribution in [0.15, 0.2) is 11.4 Å². The van der Waals surface area contributed by atoms with E-state index in [4.69, 9.17) is 5.26 Å². The van der Waals surface area contributed by atoms with Gasteiger partial charge in [-0.3, -0.25) is 9.69 Å². The van der Waals surface area contributed by atoms with Gasteiger partial charge in [-0.25, -0.2) is 0 Å². The number of nitrogens with zero attached hydrogens (tertiary/aromatic N) is 2. The number of unbranched alkanes of at least 4 members (excludes halogenated alkanes) is 2. The molecule has 1 atom stereocenters. The summed E-state index contributed by atoms with van der Waals surface area (Å²) in [6.45, 7) is 3.56. The maximum Gasteiger partial charge on any atom is 0.235 e. The van der Waals surface area contributed by atoms with Crippen molar-refractivity contribution in [3.05, 3.63) is 21.9 Å². The molecule has 18 heavy (non-hydrogen) atoms. The normalized spacial score (nSPS) is 19.8. The van der Waals surface area contributed by atoms with Crippen LogP contribution in [0.2, 0.25) is 0 Å². The molecule has 1 saturated heterocycles. The van der Waals surface area contributed by atoms with Gasteiger partial charge < -0.3 is 5.32 Å². The van der Waals surface area contributed by atoms with E-state index in [9.17, 15) is 4.79 Å². The van der Waals surface area contributed by atoms with Gasteiger partial charge in [0.2, 0.25) is 5.91 Å². The Kier molecular flexibility index (Phi) is 4.34. The van der Waals surface area contributed by atoms with Crippen molar-refractivity contribution in [3.63, 3.8) is 0 Å². The predicted octanol–water partition coefficient (Wildman–Crippen LogP) is 2.24. The summed E-state index contributed by atoms with van der Waals surface area (Å²) in [4.78, 5) is 14.7. The van der Waals surface area contributed by atoms with Crippen LogP contribution in [0.5, 0.6) is 0 Å². The Balaban J connectivity index is 2.04. The number of thiophene rings is 1. The Morgan fingerprint density at radius 3 is 3.11 bits per heavy atom. The average Bonchev–Trinajstić information content (AvgIpc) is 2.96. The van der Waals surface area contributed by atoms with Crippen LogP contribution in [0, 0.1) is 11.3 Å². The number of carbonyl (C=O) groups excluding carboxylic acids is 1. The predicted molar refractivity (Wildman–Crippen MR) is 71.0 cm³/mol. The van der Waals surface area contributed by atoms with Crippen LogP contribution in [0.3, 0.4) is 0 Å². The van der Waals surface area contributed by atoms with Crippen molar-refractivity contribution in [3.8, 4) is 6.07 Å². The van der Waals surface area contributed by atoms with Crippen molar-refractivity contribution in [1.82, 2.24) is 10.2 Å². The molecule has 1 N–H and O–H groups in total. The van der Waals surface area contributed by atoms with E-state index in [-0.39, 0.29) is 12.1 Å². The van der Waals surface area contributed by atoms with Crippen molar-refractivity contribution in [2.24, 2.45) is 0 Å². The van der Waals surface area contributed by atoms with Crippen LogP contribution in [-0.4, -0.2) is 23.9 Å². The SMILES string of the molecule is CCCCCN1CC(=O)N[C@@H]1c1cc(C#N)cs1. The zero-order valence-electron chi connectivity index (χ0n) is 10.5. The highest BCUT2D eigenvalue weighted by Crippen LogP contribution is 2.28. The zero-order chi connectivity index (χ0) is 13.0. The summed E-state index contributed by atoms with van der Waals surface area (Å²) in [6, 6.07) is 4.00. The molecule has 0 spiro atoms. The average molecular weight is 263 g/mol. The molecule has 4 nitrogen and oxygen atoms in total. The van der Waals surface area contributed by atoms with Crippen molar-refractivity contribution in [1.29, 1.82) is 5.26 Å². The molecule has 1 aliphatic rings. The van der Waals surface area contributed by atoms with E-state index in [1.165, 1.54) is 24.2 Å². The molecular weight excluding hydrogens is 246 g/mol. The van der Waals surface area contributed by atoms with E-state index in [1.54, 1.807) is 0 Å². The molecule has 2 rings (SSSR count). The second-order valence-corrected chi connectivity index (χ2v) is 5.44. The van der Waals surface area contributed by atoms with Crippen LogP contribution in [-0.2, 0) is 4.79 Å². The number of hydrogen-bond acceptors (Lipinski definition) is 4. The van der Waals surface area contributed by atoms with Crippen molar-refractivity contribution in [2.45, 2.75) is 32.4 Å². The van der Waals surface area contributed by atoms with Crippen molar-refractivity contribution in [2.75, 3.05) is 13.1 Å². The first-order valence-electron chi connectivity index (χ1n) is 6.26. The summed E-state index contributed by atoms with van der Waals surface area (Å²) >= 11 is 1.54. The molecule has 0 saturated carbocycles. The molecule has 1 aliphatic heterocycles. The van der Waals surface area contributed by atoms with Crippen molar-refractivity contribution >= 4 is 17.2 Å². The van der Waals surface area contributed by atoms with Gasteiger partial charge in [-0.15, -0.1) is 11.3 Å². The summed E-state index contributed by atoms with van der Waals surface area (Å²) in [5.74, 6) is 0.0726. The van der Waals surface area contributed by atoms with Crippen LogP contribution < -0.4 is 5.32 Å². The third-order valence-corrected chi connectivity index (χ3v) is 4.06. The third-order valence-electron chi connectivity index (χ3n) is 3.08. The lowest BCUT2D eigenvalue weighted by Crippen LogP contribution is -2.27. The fourth-order valence-electron chi connectivity index (χ4n) is 2.14. The summed E-state index contributed by atoms with van der Waals surface area (Å²) in [5, 5.41) is 13.7. The molecule has 0 radical (unpaired) electrons. The molecule has 2 heterocycles. The molecule has 0 bridgehead atoms. The number of nitrogens with one attached hydrogen (secondary N) is 1. The summed E-state index contributed by atoms with van der Waals surface area (Å²) < 4.78 is 0. The zero-order valence-corrected chi connectivity index (χ0v) is 11.3. The molecule has 1 fully saturated rings. The minimum absolute atomic E-state index is 0.0403. The fraction of sp³-hybridized carbons (Fsp3) is 0.538. The second kappa shape index (κ2) is 5.98. The number of nitriles is 1. The Morgan fingerprint density at radius 2 is 2.44 bits per heavy atom. The molecule has 1 aromatic heterocycles. The first kappa shape index (κ1) is 13.1. The molecule has 5 heteroatoms. The standard InChI is InChI=1S/C13H17N3OS/c1-2-3-4-5-16-8-12(17)15-13(16)11-6-10(7-14)9-18-11/h6,9,13H,2-5,8H2,1H3,(H,15,17)/t13-/m0/s1. The fourth-order valence-corrected chi connectivity index (χ4v) is 3.06. The van der Waals surface area contributed by atoms with Gasteiger partial charge in [-0.2, -0.15) is 5.26 Å². The first-order chi connectivity index (χ1) is 8.74. The van der Waals surface area contributed by atoms with Crippen LogP contribution >= 0.6 is 11.3 Å². The highest BCUT2D eigenvalue weighted by atomic mass is 32.1. The van der Waals surface area contributed by atoms with E-state index >= 15 is 0 Å². The summed E-state index contributed by atoms with van der Waals surface area (Å²) in [7, 11) is 0. The molecule has 1 amide bonds. The molecular formula is C13H17N3OS. The smallest absolute Gasteiger partial charge is 0.235 e. The lowest BCUT2D eigenvalue weighted by Gasteiger charge is -2.21. The van der Waals surface area contributed by atoms with Gasteiger partial charge in [0.05, 0.1) is 12.1 Å². The van der Waals surface area contributed by atoms with E-state index in [1.807, 2.05) is 11.4 Å². The highest BCUT2D eigenvalue weighted by Gasteiger charge is 2.31. The van der Waals surface area contributed by atoms with Gasteiger partial charge in [-0.05, 0) is 12.5 Å². The Hall–Kier alpha value is -1.38. The molecule has 0 aromatic carbocycles. The van der Waals surface area contributed by atoms with Gasteiger partial charge in [-0.1, -0.05) is 19.8 Å². The Morgan fingerprint density at radius 1 is 1.61 bits per heavy atom. The van der Waals surface area contributed by atoms with Gasteiger partial charge in [0.25, 0.3) is 0 Å². The third kappa shape index (κ3) is 2.89. The quantitative estimate of drug-likeness (QED) is 0.829. The summed E-state index contributed by atoms with van der Waals surface area (Å²) in [5.41, 5.74) is 0.671. The van der Waals surface area contributed by atoms with Crippen LogP contribution in [0.4, 0.5) is 0 Å². The minimum atomic E-state index is -0.0403. The second-order valence-electron chi connectivity index (χ2n) is 4.50. The van der Waals surface area contributed by atoms with E-state index in [0.29, 0.717) is 12.1 Å². The van der Waals surface area contributed by atoms with Crippen LogP contribution in [0.25, 0.3) is 0 Å². The van der Waals surface area contributed by atoms with Gasteiger partial charge in [0.15, 0.2) is 0 Å². The number of hydrogen-bond donors (Lipinski definition) is 1. The van der Waals surface area contributed by atoms with E-state index < -0.39 is 0 Å². The molecule has 0 unspecified atom stereocenters. The Bertz CT molecular complexity index is 463.